The first-order chi connectivity index (χ1) is 7.55. The quantitative estimate of drug-likeness (QED) is 0.778. The lowest BCUT2D eigenvalue weighted by atomic mass is 9.88. The van der Waals surface area contributed by atoms with Gasteiger partial charge in [0.15, 0.2) is 9.84 Å². The van der Waals surface area contributed by atoms with E-state index in [9.17, 15) is 8.42 Å². The van der Waals surface area contributed by atoms with Crippen molar-refractivity contribution in [3.05, 3.63) is 0 Å². The van der Waals surface area contributed by atoms with Crippen molar-refractivity contribution < 1.29 is 8.42 Å². The third-order valence-corrected chi connectivity index (χ3v) is 6.28. The van der Waals surface area contributed by atoms with Gasteiger partial charge in [-0.15, -0.1) is 0 Å². The zero-order valence-corrected chi connectivity index (χ0v) is 11.4. The van der Waals surface area contributed by atoms with E-state index in [1.54, 1.807) is 0 Å². The molecular weight excluding hydrogens is 242 g/mol. The first-order valence-corrected chi connectivity index (χ1v) is 8.54. The molecule has 1 saturated heterocycles. The summed E-state index contributed by atoms with van der Waals surface area (Å²) < 4.78 is 22.7. The summed E-state index contributed by atoms with van der Waals surface area (Å²) in [7, 11) is -2.74. The number of hydrogen-bond donors (Lipinski definition) is 1. The summed E-state index contributed by atoms with van der Waals surface area (Å²) in [6, 6.07) is 0. The highest BCUT2D eigenvalue weighted by Gasteiger charge is 2.35. The molecule has 0 atom stereocenters. The van der Waals surface area contributed by atoms with Crippen molar-refractivity contribution in [2.24, 2.45) is 5.41 Å². The molecule has 0 N–H and O–H groups in total. The highest BCUT2D eigenvalue weighted by molar-refractivity contribution is 7.91. The molecule has 2 fully saturated rings. The third kappa shape index (κ3) is 2.93. The van der Waals surface area contributed by atoms with Crippen LogP contribution in [0.15, 0.2) is 0 Å². The van der Waals surface area contributed by atoms with Crippen LogP contribution in [0.2, 0.25) is 0 Å². The largest absolute Gasteiger partial charge is 0.301 e. The van der Waals surface area contributed by atoms with Crippen molar-refractivity contribution in [2.75, 3.05) is 36.9 Å². The normalized spacial score (nSPS) is 29.3. The smallest absolute Gasteiger partial charge is 0.152 e. The fourth-order valence-electron chi connectivity index (χ4n) is 2.87. The molecule has 0 aromatic rings. The molecule has 5 heteroatoms. The van der Waals surface area contributed by atoms with Gasteiger partial charge in [0.2, 0.25) is 0 Å². The lowest BCUT2D eigenvalue weighted by Gasteiger charge is -2.36. The SMILES string of the molecule is O=S1(=O)CCN(CC2(CS)CCCC2)CC1. The molecule has 0 radical (unpaired) electrons. The van der Waals surface area contributed by atoms with Crippen LogP contribution in [0.25, 0.3) is 0 Å². The standard InChI is InChI=1S/C11H21NO2S2/c13-16(14)7-5-12(6-8-16)9-11(10-15)3-1-2-4-11/h15H,1-10H2. The maximum atomic E-state index is 11.3. The van der Waals surface area contributed by atoms with E-state index in [1.165, 1.54) is 25.7 Å². The molecule has 16 heavy (non-hydrogen) atoms. The van der Waals surface area contributed by atoms with E-state index in [2.05, 4.69) is 17.5 Å². The monoisotopic (exact) mass is 263 g/mol. The molecule has 1 saturated carbocycles. The Kier molecular flexibility index (Phi) is 3.86. The average Bonchev–Trinajstić information content (AvgIpc) is 2.71. The van der Waals surface area contributed by atoms with Gasteiger partial charge < -0.3 is 4.90 Å². The molecule has 0 aromatic heterocycles. The third-order valence-electron chi connectivity index (χ3n) is 4.00. The Labute approximate surface area is 104 Å². The van der Waals surface area contributed by atoms with E-state index >= 15 is 0 Å². The van der Waals surface area contributed by atoms with Gasteiger partial charge in [0, 0.05) is 19.6 Å². The van der Waals surface area contributed by atoms with Crippen molar-refractivity contribution in [1.82, 2.24) is 4.90 Å². The van der Waals surface area contributed by atoms with E-state index in [0.29, 0.717) is 16.9 Å². The first kappa shape index (κ1) is 12.7. The minimum Gasteiger partial charge on any atom is -0.301 e. The number of rotatable bonds is 3. The molecule has 3 nitrogen and oxygen atoms in total. The fraction of sp³-hybridized carbons (Fsp3) is 1.00. The predicted molar refractivity (Wildman–Crippen MR) is 69.8 cm³/mol. The van der Waals surface area contributed by atoms with Crippen LogP contribution in [0.1, 0.15) is 25.7 Å². The zero-order chi connectivity index (χ0) is 11.6. The highest BCUT2D eigenvalue weighted by Crippen LogP contribution is 2.39. The molecule has 0 aromatic carbocycles. The zero-order valence-electron chi connectivity index (χ0n) is 9.69. The van der Waals surface area contributed by atoms with Crippen LogP contribution < -0.4 is 0 Å². The van der Waals surface area contributed by atoms with Gasteiger partial charge >= 0.3 is 0 Å². The van der Waals surface area contributed by atoms with Gasteiger partial charge in [0.05, 0.1) is 11.5 Å². The summed E-state index contributed by atoms with van der Waals surface area (Å²) in [4.78, 5) is 2.32. The predicted octanol–water partition coefficient (Wildman–Crippen LogP) is 1.21. The molecule has 0 spiro atoms. The molecule has 2 aliphatic rings. The van der Waals surface area contributed by atoms with Crippen molar-refractivity contribution in [2.45, 2.75) is 25.7 Å². The van der Waals surface area contributed by atoms with Crippen LogP contribution >= 0.6 is 12.6 Å². The maximum Gasteiger partial charge on any atom is 0.152 e. The van der Waals surface area contributed by atoms with Crippen molar-refractivity contribution in [1.29, 1.82) is 0 Å². The van der Waals surface area contributed by atoms with Crippen LogP contribution in [0.4, 0.5) is 0 Å². The fourth-order valence-corrected chi connectivity index (χ4v) is 4.57. The molecule has 1 aliphatic carbocycles. The summed E-state index contributed by atoms with van der Waals surface area (Å²) in [5, 5.41) is 0. The second kappa shape index (κ2) is 4.86. The van der Waals surface area contributed by atoms with Crippen LogP contribution in [-0.4, -0.2) is 50.2 Å². The molecule has 0 amide bonds. The minimum absolute atomic E-state index is 0.343. The topological polar surface area (TPSA) is 37.4 Å². The molecule has 1 aliphatic heterocycles. The number of sulfone groups is 1. The summed E-state index contributed by atoms with van der Waals surface area (Å²) >= 11 is 4.49. The maximum absolute atomic E-state index is 11.3. The van der Waals surface area contributed by atoms with Gasteiger partial charge in [-0.3, -0.25) is 0 Å². The highest BCUT2D eigenvalue weighted by atomic mass is 32.2. The Balaban J connectivity index is 1.90. The van der Waals surface area contributed by atoms with Gasteiger partial charge in [-0.25, -0.2) is 8.42 Å². The Hall–Kier alpha value is 0.260. The van der Waals surface area contributed by atoms with Crippen molar-refractivity contribution in [3.63, 3.8) is 0 Å². The van der Waals surface area contributed by atoms with Gasteiger partial charge in [-0.2, -0.15) is 12.6 Å². The molecular formula is C11H21NO2S2. The van der Waals surface area contributed by atoms with E-state index < -0.39 is 9.84 Å². The van der Waals surface area contributed by atoms with Gasteiger partial charge in [-0.05, 0) is 24.0 Å². The second-order valence-corrected chi connectivity index (χ2v) is 7.91. The van der Waals surface area contributed by atoms with Crippen molar-refractivity contribution >= 4 is 22.5 Å². The van der Waals surface area contributed by atoms with Gasteiger partial charge in [-0.1, -0.05) is 12.8 Å². The summed E-state index contributed by atoms with van der Waals surface area (Å²) in [6.07, 6.45) is 5.15. The number of hydrogen-bond acceptors (Lipinski definition) is 4. The molecule has 0 unspecified atom stereocenters. The molecule has 2 rings (SSSR count). The van der Waals surface area contributed by atoms with Crippen LogP contribution in [0.5, 0.6) is 0 Å². The second-order valence-electron chi connectivity index (χ2n) is 5.29. The lowest BCUT2D eigenvalue weighted by molar-refractivity contribution is 0.182. The van der Waals surface area contributed by atoms with E-state index in [1.807, 2.05) is 0 Å². The molecule has 94 valence electrons. The van der Waals surface area contributed by atoms with Crippen LogP contribution in [0, 0.1) is 5.41 Å². The van der Waals surface area contributed by atoms with E-state index in [-0.39, 0.29) is 0 Å². The molecule has 0 bridgehead atoms. The Morgan fingerprint density at radius 1 is 1.12 bits per heavy atom. The Morgan fingerprint density at radius 2 is 1.69 bits per heavy atom. The van der Waals surface area contributed by atoms with Crippen LogP contribution in [0.3, 0.4) is 0 Å². The minimum atomic E-state index is -2.74. The van der Waals surface area contributed by atoms with Gasteiger partial charge in [0.25, 0.3) is 0 Å². The number of nitrogens with zero attached hydrogens (tertiary/aromatic N) is 1. The average molecular weight is 263 g/mol. The Bertz CT molecular complexity index is 320. The van der Waals surface area contributed by atoms with E-state index in [0.717, 1.165) is 25.4 Å². The summed E-state index contributed by atoms with van der Waals surface area (Å²) in [5.74, 6) is 1.63. The Morgan fingerprint density at radius 3 is 2.19 bits per heavy atom. The van der Waals surface area contributed by atoms with Gasteiger partial charge in [0.1, 0.15) is 0 Å². The summed E-state index contributed by atoms with van der Waals surface area (Å²) in [6.45, 7) is 2.49. The number of thiol groups is 1. The summed E-state index contributed by atoms with van der Waals surface area (Å²) in [5.41, 5.74) is 0.365. The lowest BCUT2D eigenvalue weighted by Crippen LogP contribution is -2.45. The first-order valence-electron chi connectivity index (χ1n) is 6.09. The van der Waals surface area contributed by atoms with E-state index in [4.69, 9.17) is 0 Å². The van der Waals surface area contributed by atoms with Crippen molar-refractivity contribution in [3.8, 4) is 0 Å². The van der Waals surface area contributed by atoms with Crippen LogP contribution in [-0.2, 0) is 9.84 Å². The molecule has 1 heterocycles.